The summed E-state index contributed by atoms with van der Waals surface area (Å²) in [6.07, 6.45) is 5.32. The second-order valence-electron chi connectivity index (χ2n) is 5.58. The van der Waals surface area contributed by atoms with Gasteiger partial charge in [-0.15, -0.1) is 11.3 Å². The second kappa shape index (κ2) is 5.85. The third-order valence-corrected chi connectivity index (χ3v) is 6.19. The van der Waals surface area contributed by atoms with E-state index < -0.39 is 0 Å². The fourth-order valence-corrected chi connectivity index (χ4v) is 4.66. The van der Waals surface area contributed by atoms with Crippen molar-refractivity contribution in [3.63, 3.8) is 0 Å². The van der Waals surface area contributed by atoms with Crippen LogP contribution in [0.25, 0.3) is 0 Å². The first kappa shape index (κ1) is 13.6. The van der Waals surface area contributed by atoms with Crippen LogP contribution in [-0.4, -0.2) is 0 Å². The van der Waals surface area contributed by atoms with Crippen LogP contribution in [0, 0.1) is 17.8 Å². The van der Waals surface area contributed by atoms with E-state index >= 15 is 0 Å². The Morgan fingerprint density at radius 3 is 2.29 bits per heavy atom. The maximum Gasteiger partial charge on any atom is 0.0429 e. The van der Waals surface area contributed by atoms with Crippen molar-refractivity contribution >= 4 is 27.3 Å². The number of halogens is 1. The summed E-state index contributed by atoms with van der Waals surface area (Å²) in [5.41, 5.74) is 6.42. The molecule has 1 saturated carbocycles. The van der Waals surface area contributed by atoms with Gasteiger partial charge in [-0.1, -0.05) is 13.8 Å². The van der Waals surface area contributed by atoms with Crippen LogP contribution in [0.1, 0.15) is 50.4 Å². The molecule has 0 spiro atoms. The van der Waals surface area contributed by atoms with Gasteiger partial charge in [0.15, 0.2) is 0 Å². The lowest BCUT2D eigenvalue weighted by Crippen LogP contribution is -2.27. The van der Waals surface area contributed by atoms with E-state index in [4.69, 9.17) is 5.73 Å². The predicted molar refractivity (Wildman–Crippen MR) is 79.2 cm³/mol. The molecule has 0 aromatic carbocycles. The zero-order valence-corrected chi connectivity index (χ0v) is 13.1. The maximum absolute atomic E-state index is 6.42. The summed E-state index contributed by atoms with van der Waals surface area (Å²) in [5, 5.41) is 2.12. The minimum Gasteiger partial charge on any atom is -0.323 e. The Morgan fingerprint density at radius 1 is 1.24 bits per heavy atom. The van der Waals surface area contributed by atoms with Crippen molar-refractivity contribution in [3.05, 3.63) is 20.8 Å². The molecule has 2 N–H and O–H groups in total. The number of rotatable bonds is 3. The molecule has 1 heterocycles. The predicted octanol–water partition coefficient (Wildman–Crippen LogP) is 4.97. The van der Waals surface area contributed by atoms with E-state index in [2.05, 4.69) is 41.2 Å². The molecule has 0 amide bonds. The minimum absolute atomic E-state index is 0.234. The molecule has 2 rings (SSSR count). The summed E-state index contributed by atoms with van der Waals surface area (Å²) in [4.78, 5) is 1.33. The smallest absolute Gasteiger partial charge is 0.0429 e. The second-order valence-corrected chi connectivity index (χ2v) is 7.38. The average Bonchev–Trinajstić information content (AvgIpc) is 2.74. The molecule has 96 valence electrons. The van der Waals surface area contributed by atoms with E-state index in [0.717, 1.165) is 11.8 Å². The summed E-state index contributed by atoms with van der Waals surface area (Å²) < 4.78 is 1.20. The van der Waals surface area contributed by atoms with Gasteiger partial charge in [0, 0.05) is 15.4 Å². The van der Waals surface area contributed by atoms with Gasteiger partial charge in [-0.25, -0.2) is 0 Å². The molecule has 1 aromatic rings. The first-order chi connectivity index (χ1) is 8.09. The Bertz CT molecular complexity index is 353. The van der Waals surface area contributed by atoms with Gasteiger partial charge in [0.2, 0.25) is 0 Å². The van der Waals surface area contributed by atoms with Crippen molar-refractivity contribution in [2.75, 3.05) is 0 Å². The van der Waals surface area contributed by atoms with E-state index in [-0.39, 0.29) is 6.04 Å². The molecular formula is C14H22BrNS. The quantitative estimate of drug-likeness (QED) is 0.837. The zero-order chi connectivity index (χ0) is 12.4. The molecule has 3 heteroatoms. The van der Waals surface area contributed by atoms with E-state index in [1.165, 1.54) is 35.0 Å². The van der Waals surface area contributed by atoms with Crippen molar-refractivity contribution in [2.45, 2.75) is 45.6 Å². The summed E-state index contributed by atoms with van der Waals surface area (Å²) in [5.74, 6) is 2.44. The molecule has 1 atom stereocenters. The van der Waals surface area contributed by atoms with Crippen LogP contribution in [-0.2, 0) is 0 Å². The Kier molecular flexibility index (Phi) is 4.67. The number of nitrogens with two attached hydrogens (primary N) is 1. The lowest BCUT2D eigenvalue weighted by atomic mass is 9.74. The van der Waals surface area contributed by atoms with Gasteiger partial charge in [0.05, 0.1) is 0 Å². The summed E-state index contributed by atoms with van der Waals surface area (Å²) in [7, 11) is 0. The van der Waals surface area contributed by atoms with Crippen molar-refractivity contribution in [3.8, 4) is 0 Å². The van der Waals surface area contributed by atoms with Crippen LogP contribution < -0.4 is 5.73 Å². The average molecular weight is 316 g/mol. The molecule has 1 aromatic heterocycles. The minimum atomic E-state index is 0.234. The fourth-order valence-electron chi connectivity index (χ4n) is 2.93. The lowest BCUT2D eigenvalue weighted by molar-refractivity contribution is 0.204. The largest absolute Gasteiger partial charge is 0.323 e. The van der Waals surface area contributed by atoms with Gasteiger partial charge in [-0.2, -0.15) is 0 Å². The number of hydrogen-bond acceptors (Lipinski definition) is 2. The standard InChI is InChI=1S/C14H22BrNS/c1-9(2)10-3-5-11(6-4-10)13(16)14-12(15)7-8-17-14/h7-11,13H,3-6,16H2,1-2H3. The monoisotopic (exact) mass is 315 g/mol. The molecule has 0 aliphatic heterocycles. The van der Waals surface area contributed by atoms with Gasteiger partial charge in [-0.3, -0.25) is 0 Å². The molecule has 1 unspecified atom stereocenters. The van der Waals surface area contributed by atoms with Crippen molar-refractivity contribution < 1.29 is 0 Å². The van der Waals surface area contributed by atoms with Gasteiger partial charge in [0.1, 0.15) is 0 Å². The summed E-state index contributed by atoms with van der Waals surface area (Å²) >= 11 is 5.39. The molecule has 1 nitrogen and oxygen atoms in total. The van der Waals surface area contributed by atoms with Crippen LogP contribution in [0.15, 0.2) is 15.9 Å². The summed E-state index contributed by atoms with van der Waals surface area (Å²) in [6, 6.07) is 2.34. The van der Waals surface area contributed by atoms with Crippen molar-refractivity contribution in [2.24, 2.45) is 23.5 Å². The molecule has 17 heavy (non-hydrogen) atoms. The highest BCUT2D eigenvalue weighted by molar-refractivity contribution is 9.10. The van der Waals surface area contributed by atoms with E-state index in [1.54, 1.807) is 11.3 Å². The molecule has 0 bridgehead atoms. The molecule has 0 saturated heterocycles. The van der Waals surface area contributed by atoms with E-state index in [9.17, 15) is 0 Å². The zero-order valence-electron chi connectivity index (χ0n) is 10.7. The topological polar surface area (TPSA) is 26.0 Å². The Morgan fingerprint density at radius 2 is 1.82 bits per heavy atom. The molecule has 1 aliphatic carbocycles. The number of hydrogen-bond donors (Lipinski definition) is 1. The SMILES string of the molecule is CC(C)C1CCC(C(N)c2sccc2Br)CC1. The third-order valence-electron chi connectivity index (χ3n) is 4.21. The molecule has 0 radical (unpaired) electrons. The first-order valence-corrected chi connectivity index (χ1v) is 8.25. The van der Waals surface area contributed by atoms with Crippen LogP contribution in [0.4, 0.5) is 0 Å². The highest BCUT2D eigenvalue weighted by Crippen LogP contribution is 2.41. The van der Waals surface area contributed by atoms with Crippen molar-refractivity contribution in [1.82, 2.24) is 0 Å². The van der Waals surface area contributed by atoms with E-state index in [1.807, 2.05) is 0 Å². The third kappa shape index (κ3) is 3.12. The normalized spacial score (nSPS) is 27.4. The molecule has 1 fully saturated rings. The Hall–Kier alpha value is 0.140. The number of thiophene rings is 1. The van der Waals surface area contributed by atoms with E-state index in [0.29, 0.717) is 5.92 Å². The maximum atomic E-state index is 6.42. The van der Waals surface area contributed by atoms with Crippen LogP contribution in [0.2, 0.25) is 0 Å². The lowest BCUT2D eigenvalue weighted by Gasteiger charge is -2.33. The molecular weight excluding hydrogens is 294 g/mol. The fraction of sp³-hybridized carbons (Fsp3) is 0.714. The van der Waals surface area contributed by atoms with Gasteiger partial charge < -0.3 is 5.73 Å². The van der Waals surface area contributed by atoms with Crippen LogP contribution in [0.5, 0.6) is 0 Å². The highest BCUT2D eigenvalue weighted by Gasteiger charge is 2.28. The van der Waals surface area contributed by atoms with Crippen LogP contribution >= 0.6 is 27.3 Å². The van der Waals surface area contributed by atoms with Crippen LogP contribution in [0.3, 0.4) is 0 Å². The molecule has 1 aliphatic rings. The van der Waals surface area contributed by atoms with Gasteiger partial charge >= 0.3 is 0 Å². The van der Waals surface area contributed by atoms with Gasteiger partial charge in [0.25, 0.3) is 0 Å². The van der Waals surface area contributed by atoms with Crippen molar-refractivity contribution in [1.29, 1.82) is 0 Å². The Labute approximate surface area is 117 Å². The highest BCUT2D eigenvalue weighted by atomic mass is 79.9. The Balaban J connectivity index is 1.95. The van der Waals surface area contributed by atoms with Gasteiger partial charge in [-0.05, 0) is 70.8 Å². The first-order valence-electron chi connectivity index (χ1n) is 6.58. The summed E-state index contributed by atoms with van der Waals surface area (Å²) in [6.45, 7) is 4.70.